The number of aryl methyl sites for hydroxylation is 1. The molecule has 0 atom stereocenters. The summed E-state index contributed by atoms with van der Waals surface area (Å²) in [6, 6.07) is 8.00. The molecule has 3 rings (SSSR count). The van der Waals surface area contributed by atoms with Crippen molar-refractivity contribution in [3.8, 4) is 0 Å². The van der Waals surface area contributed by atoms with Crippen molar-refractivity contribution >= 4 is 31.6 Å². The van der Waals surface area contributed by atoms with Crippen molar-refractivity contribution in [1.29, 1.82) is 0 Å². The highest BCUT2D eigenvalue weighted by molar-refractivity contribution is 7.93. The average molecular weight is 429 g/mol. The first-order valence-corrected chi connectivity index (χ1v) is 10.6. The third-order valence-corrected chi connectivity index (χ3v) is 6.23. The zero-order chi connectivity index (χ0) is 20.5. The average Bonchev–Trinajstić information content (AvgIpc) is 3.01. The number of benzene rings is 2. The maximum absolute atomic E-state index is 13.7. The third-order valence-electron chi connectivity index (χ3n) is 3.47. The van der Waals surface area contributed by atoms with Crippen LogP contribution in [0.15, 0.2) is 62.8 Å². The van der Waals surface area contributed by atoms with Crippen molar-refractivity contribution in [2.45, 2.75) is 16.7 Å². The normalized spacial score (nSPS) is 12.0. The summed E-state index contributed by atoms with van der Waals surface area (Å²) in [5, 5.41) is 3.52. The molecule has 0 unspecified atom stereocenters. The lowest BCUT2D eigenvalue weighted by atomic mass is 10.3. The standard InChI is InChI=1S/C16H13F2N3O5S2/c1-10-8-16(19-26-10)21-27(22,23)13-5-3-12(4-6-13)20-28(24,25)15-9-11(17)2-7-14(15)18/h2-9,20H,1H3,(H,19,21). The highest BCUT2D eigenvalue weighted by Crippen LogP contribution is 2.22. The molecule has 3 aromatic rings. The smallest absolute Gasteiger partial charge is 0.264 e. The van der Waals surface area contributed by atoms with Gasteiger partial charge in [-0.2, -0.15) is 0 Å². The van der Waals surface area contributed by atoms with Crippen molar-refractivity contribution < 1.29 is 30.1 Å². The number of sulfonamides is 2. The molecule has 0 aliphatic heterocycles. The van der Waals surface area contributed by atoms with Gasteiger partial charge in [-0.25, -0.2) is 25.6 Å². The quantitative estimate of drug-likeness (QED) is 0.622. The molecule has 0 aliphatic carbocycles. The second-order valence-corrected chi connectivity index (χ2v) is 8.97. The lowest BCUT2D eigenvalue weighted by molar-refractivity contribution is 0.400. The Bertz CT molecular complexity index is 1220. The predicted octanol–water partition coefficient (Wildman–Crippen LogP) is 2.86. The molecule has 0 aliphatic rings. The van der Waals surface area contributed by atoms with E-state index in [1.54, 1.807) is 6.92 Å². The lowest BCUT2D eigenvalue weighted by Gasteiger charge is -2.10. The van der Waals surface area contributed by atoms with Crippen molar-refractivity contribution in [3.63, 3.8) is 0 Å². The summed E-state index contributed by atoms with van der Waals surface area (Å²) in [6.45, 7) is 1.59. The molecule has 0 saturated heterocycles. The van der Waals surface area contributed by atoms with Crippen LogP contribution >= 0.6 is 0 Å². The fraction of sp³-hybridized carbons (Fsp3) is 0.0625. The monoisotopic (exact) mass is 429 g/mol. The maximum atomic E-state index is 13.7. The summed E-state index contributed by atoms with van der Waals surface area (Å²) in [6.07, 6.45) is 0. The largest absolute Gasteiger partial charge is 0.360 e. The number of rotatable bonds is 6. The minimum absolute atomic E-state index is 0.0103. The molecule has 0 fully saturated rings. The molecule has 0 amide bonds. The van der Waals surface area contributed by atoms with E-state index in [4.69, 9.17) is 4.52 Å². The zero-order valence-electron chi connectivity index (χ0n) is 14.2. The fourth-order valence-electron chi connectivity index (χ4n) is 2.21. The first kappa shape index (κ1) is 19.8. The molecular formula is C16H13F2N3O5S2. The zero-order valence-corrected chi connectivity index (χ0v) is 15.8. The van der Waals surface area contributed by atoms with Gasteiger partial charge in [-0.3, -0.25) is 9.44 Å². The van der Waals surface area contributed by atoms with Crippen LogP contribution in [0.2, 0.25) is 0 Å². The molecule has 1 heterocycles. The van der Waals surface area contributed by atoms with Gasteiger partial charge in [-0.1, -0.05) is 5.16 Å². The van der Waals surface area contributed by atoms with Crippen molar-refractivity contribution in [1.82, 2.24) is 5.16 Å². The summed E-state index contributed by atoms with van der Waals surface area (Å²) in [7, 11) is -8.40. The summed E-state index contributed by atoms with van der Waals surface area (Å²) in [4.78, 5) is -1.04. The van der Waals surface area contributed by atoms with Crippen LogP contribution in [0.1, 0.15) is 5.76 Å². The van der Waals surface area contributed by atoms with Crippen molar-refractivity contribution in [3.05, 3.63) is 65.9 Å². The van der Waals surface area contributed by atoms with Gasteiger partial charge >= 0.3 is 0 Å². The van der Waals surface area contributed by atoms with E-state index in [9.17, 15) is 25.6 Å². The number of nitrogens with one attached hydrogen (secondary N) is 2. The van der Waals surface area contributed by atoms with Crippen LogP contribution in [0.3, 0.4) is 0 Å². The van der Waals surface area contributed by atoms with E-state index in [1.165, 1.54) is 6.07 Å². The summed E-state index contributed by atoms with van der Waals surface area (Å²) in [5.74, 6) is -1.64. The van der Waals surface area contributed by atoms with Gasteiger partial charge in [0.05, 0.1) is 4.90 Å². The van der Waals surface area contributed by atoms with Gasteiger partial charge in [0.1, 0.15) is 22.3 Å². The molecule has 0 saturated carbocycles. The summed E-state index contributed by atoms with van der Waals surface area (Å²) >= 11 is 0. The predicted molar refractivity (Wildman–Crippen MR) is 95.7 cm³/mol. The Hall–Kier alpha value is -2.99. The summed E-state index contributed by atoms with van der Waals surface area (Å²) in [5.41, 5.74) is -0.0418. The van der Waals surface area contributed by atoms with Gasteiger partial charge in [0, 0.05) is 11.8 Å². The number of hydrogen-bond donors (Lipinski definition) is 2. The van der Waals surface area contributed by atoms with E-state index in [1.807, 2.05) is 0 Å². The third kappa shape index (κ3) is 4.28. The van der Waals surface area contributed by atoms with E-state index in [-0.39, 0.29) is 16.4 Å². The Labute approximate surface area is 159 Å². The van der Waals surface area contributed by atoms with Crippen LogP contribution in [0.4, 0.5) is 20.3 Å². The van der Waals surface area contributed by atoms with E-state index in [2.05, 4.69) is 14.6 Å². The minimum Gasteiger partial charge on any atom is -0.360 e. The lowest BCUT2D eigenvalue weighted by Crippen LogP contribution is -2.16. The van der Waals surface area contributed by atoms with Gasteiger partial charge in [0.15, 0.2) is 5.82 Å². The molecule has 28 heavy (non-hydrogen) atoms. The second-order valence-electron chi connectivity index (χ2n) is 5.63. The Morgan fingerprint density at radius 2 is 1.57 bits per heavy atom. The van der Waals surface area contributed by atoms with Crippen LogP contribution in [-0.4, -0.2) is 22.0 Å². The molecule has 0 bridgehead atoms. The Balaban J connectivity index is 1.81. The van der Waals surface area contributed by atoms with Gasteiger partial charge in [0.2, 0.25) is 0 Å². The fourth-order valence-corrected chi connectivity index (χ4v) is 4.34. The maximum Gasteiger partial charge on any atom is 0.264 e. The SMILES string of the molecule is Cc1cc(NS(=O)(=O)c2ccc(NS(=O)(=O)c3cc(F)ccc3F)cc2)no1. The first-order chi connectivity index (χ1) is 13.1. The van der Waals surface area contributed by atoms with Crippen LogP contribution in [0.5, 0.6) is 0 Å². The molecule has 12 heteroatoms. The molecule has 0 radical (unpaired) electrons. The Kier molecular flexibility index (Phi) is 5.08. The Morgan fingerprint density at radius 1 is 0.893 bits per heavy atom. The van der Waals surface area contributed by atoms with Gasteiger partial charge in [-0.15, -0.1) is 0 Å². The molecule has 2 aromatic carbocycles. The number of hydrogen-bond acceptors (Lipinski definition) is 6. The highest BCUT2D eigenvalue weighted by Gasteiger charge is 2.21. The molecule has 1 aromatic heterocycles. The van der Waals surface area contributed by atoms with Crippen LogP contribution in [0.25, 0.3) is 0 Å². The van der Waals surface area contributed by atoms with Gasteiger partial charge in [-0.05, 0) is 49.4 Å². The van der Waals surface area contributed by atoms with Crippen LogP contribution in [0, 0.1) is 18.6 Å². The molecule has 8 nitrogen and oxygen atoms in total. The highest BCUT2D eigenvalue weighted by atomic mass is 32.2. The molecular weight excluding hydrogens is 416 g/mol. The van der Waals surface area contributed by atoms with Crippen molar-refractivity contribution in [2.75, 3.05) is 9.44 Å². The van der Waals surface area contributed by atoms with E-state index >= 15 is 0 Å². The topological polar surface area (TPSA) is 118 Å². The minimum atomic E-state index is -4.41. The molecule has 148 valence electrons. The van der Waals surface area contributed by atoms with Crippen LogP contribution in [-0.2, 0) is 20.0 Å². The number of halogens is 2. The molecule has 2 N–H and O–H groups in total. The van der Waals surface area contributed by atoms with E-state index in [0.717, 1.165) is 30.3 Å². The first-order valence-electron chi connectivity index (χ1n) is 7.61. The number of aromatic nitrogens is 1. The second kappa shape index (κ2) is 7.20. The summed E-state index contributed by atoms with van der Waals surface area (Å²) < 4.78 is 85.0. The molecule has 0 spiro atoms. The van der Waals surface area contributed by atoms with Gasteiger partial charge in [0.25, 0.3) is 20.0 Å². The van der Waals surface area contributed by atoms with E-state index < -0.39 is 36.6 Å². The van der Waals surface area contributed by atoms with Crippen molar-refractivity contribution in [2.24, 2.45) is 0 Å². The number of anilines is 2. The Morgan fingerprint density at radius 3 is 2.18 bits per heavy atom. The number of nitrogens with zero attached hydrogens (tertiary/aromatic N) is 1. The van der Waals surface area contributed by atoms with Crippen LogP contribution < -0.4 is 9.44 Å². The van der Waals surface area contributed by atoms with Gasteiger partial charge < -0.3 is 4.52 Å². The van der Waals surface area contributed by atoms with E-state index in [0.29, 0.717) is 17.9 Å².